The Labute approximate surface area is 191 Å². The number of nitrogens with zero attached hydrogens (tertiary/aromatic N) is 4. The topological polar surface area (TPSA) is 69.9 Å². The summed E-state index contributed by atoms with van der Waals surface area (Å²) in [5.41, 5.74) is 2.43. The minimum atomic E-state index is -0.125. The maximum atomic E-state index is 12.9. The SMILES string of the molecule is O=C(c1coc(CN2C(=O)CSc3ccccc32)n1)N1CCN(Cc2ccccc2)CC1. The molecule has 0 saturated carbocycles. The van der Waals surface area contributed by atoms with Crippen LogP contribution in [0.2, 0.25) is 0 Å². The molecule has 1 fully saturated rings. The number of rotatable bonds is 5. The summed E-state index contributed by atoms with van der Waals surface area (Å²) in [6, 6.07) is 18.2. The maximum Gasteiger partial charge on any atom is 0.275 e. The molecule has 2 aromatic carbocycles. The molecule has 164 valence electrons. The largest absolute Gasteiger partial charge is 0.446 e. The highest BCUT2D eigenvalue weighted by atomic mass is 32.2. The molecule has 0 atom stereocenters. The van der Waals surface area contributed by atoms with E-state index in [1.54, 1.807) is 4.90 Å². The van der Waals surface area contributed by atoms with Crippen LogP contribution in [0, 0.1) is 0 Å². The average Bonchev–Trinajstić information content (AvgIpc) is 3.30. The van der Waals surface area contributed by atoms with Crippen LogP contribution in [0.3, 0.4) is 0 Å². The van der Waals surface area contributed by atoms with Crippen molar-refractivity contribution in [2.24, 2.45) is 0 Å². The first-order chi connectivity index (χ1) is 15.7. The van der Waals surface area contributed by atoms with Crippen LogP contribution in [-0.2, 0) is 17.9 Å². The number of aromatic nitrogens is 1. The quantitative estimate of drug-likeness (QED) is 0.597. The number of carbonyl (C=O) groups excluding carboxylic acids is 2. The van der Waals surface area contributed by atoms with E-state index < -0.39 is 0 Å². The van der Waals surface area contributed by atoms with Crippen LogP contribution in [0.4, 0.5) is 5.69 Å². The highest BCUT2D eigenvalue weighted by Gasteiger charge is 2.28. The lowest BCUT2D eigenvalue weighted by Gasteiger charge is -2.34. The van der Waals surface area contributed by atoms with Crippen LogP contribution in [0.25, 0.3) is 0 Å². The van der Waals surface area contributed by atoms with Gasteiger partial charge in [0.15, 0.2) is 5.69 Å². The molecule has 3 aromatic rings. The van der Waals surface area contributed by atoms with Crippen LogP contribution >= 0.6 is 11.8 Å². The highest BCUT2D eigenvalue weighted by molar-refractivity contribution is 8.00. The fourth-order valence-electron chi connectivity index (χ4n) is 4.06. The molecule has 5 rings (SSSR count). The fraction of sp³-hybridized carbons (Fsp3) is 0.292. The van der Waals surface area contributed by atoms with Gasteiger partial charge in [-0.25, -0.2) is 4.98 Å². The van der Waals surface area contributed by atoms with Gasteiger partial charge in [-0.15, -0.1) is 11.8 Å². The smallest absolute Gasteiger partial charge is 0.275 e. The number of oxazole rings is 1. The molecule has 0 spiro atoms. The molecule has 2 aliphatic heterocycles. The molecule has 2 aliphatic rings. The summed E-state index contributed by atoms with van der Waals surface area (Å²) in [7, 11) is 0. The van der Waals surface area contributed by atoms with Crippen molar-refractivity contribution in [1.29, 1.82) is 0 Å². The zero-order valence-corrected chi connectivity index (χ0v) is 18.5. The van der Waals surface area contributed by atoms with Gasteiger partial charge in [0, 0.05) is 37.6 Å². The monoisotopic (exact) mass is 448 g/mol. The number of fused-ring (bicyclic) bond motifs is 1. The molecular formula is C24H24N4O3S. The standard InChI is InChI=1S/C24H24N4O3S/c29-23-17-32-21-9-5-4-8-20(21)28(23)15-22-25-19(16-31-22)24(30)27-12-10-26(11-13-27)14-18-6-2-1-3-7-18/h1-9,16H,10-15,17H2. The number of para-hydroxylation sites is 1. The molecule has 1 saturated heterocycles. The number of benzene rings is 2. The zero-order chi connectivity index (χ0) is 21.9. The first-order valence-corrected chi connectivity index (χ1v) is 11.7. The summed E-state index contributed by atoms with van der Waals surface area (Å²) in [4.78, 5) is 36.7. The summed E-state index contributed by atoms with van der Waals surface area (Å²) in [5.74, 6) is 0.636. The lowest BCUT2D eigenvalue weighted by molar-refractivity contribution is -0.116. The van der Waals surface area contributed by atoms with Crippen molar-refractivity contribution >= 4 is 29.3 Å². The molecule has 0 radical (unpaired) electrons. The fourth-order valence-corrected chi connectivity index (χ4v) is 4.99. The Morgan fingerprint density at radius 1 is 0.969 bits per heavy atom. The zero-order valence-electron chi connectivity index (χ0n) is 17.6. The number of hydrogen-bond donors (Lipinski definition) is 0. The van der Waals surface area contributed by atoms with Gasteiger partial charge in [-0.1, -0.05) is 42.5 Å². The van der Waals surface area contributed by atoms with Gasteiger partial charge in [0.25, 0.3) is 5.91 Å². The highest BCUT2D eigenvalue weighted by Crippen LogP contribution is 2.35. The lowest BCUT2D eigenvalue weighted by atomic mass is 10.2. The van der Waals surface area contributed by atoms with Crippen molar-refractivity contribution in [3.8, 4) is 0 Å². The van der Waals surface area contributed by atoms with Gasteiger partial charge in [0.1, 0.15) is 12.8 Å². The van der Waals surface area contributed by atoms with Gasteiger partial charge in [-0.05, 0) is 17.7 Å². The summed E-state index contributed by atoms with van der Waals surface area (Å²) < 4.78 is 5.57. The van der Waals surface area contributed by atoms with Gasteiger partial charge in [0.05, 0.1) is 11.4 Å². The predicted molar refractivity (Wildman–Crippen MR) is 122 cm³/mol. The van der Waals surface area contributed by atoms with Crippen molar-refractivity contribution in [2.75, 3.05) is 36.8 Å². The Kier molecular flexibility index (Phi) is 5.96. The Bertz CT molecular complexity index is 1110. The number of amides is 2. The summed E-state index contributed by atoms with van der Waals surface area (Å²) in [5, 5.41) is 0. The minimum absolute atomic E-state index is 0.00862. The van der Waals surface area contributed by atoms with Gasteiger partial charge < -0.3 is 14.2 Å². The first-order valence-electron chi connectivity index (χ1n) is 10.7. The summed E-state index contributed by atoms with van der Waals surface area (Å²) in [6.07, 6.45) is 1.41. The lowest BCUT2D eigenvalue weighted by Crippen LogP contribution is -2.48. The van der Waals surface area contributed by atoms with Crippen LogP contribution < -0.4 is 4.90 Å². The number of piperazine rings is 1. The van der Waals surface area contributed by atoms with Crippen molar-refractivity contribution in [2.45, 2.75) is 18.0 Å². The van der Waals surface area contributed by atoms with Crippen LogP contribution in [0.5, 0.6) is 0 Å². The Hall–Kier alpha value is -3.10. The van der Waals surface area contributed by atoms with Crippen molar-refractivity contribution in [3.63, 3.8) is 0 Å². The van der Waals surface area contributed by atoms with E-state index in [0.29, 0.717) is 30.4 Å². The van der Waals surface area contributed by atoms with Crippen molar-refractivity contribution in [3.05, 3.63) is 78.0 Å². The molecule has 8 heteroatoms. The second-order valence-electron chi connectivity index (χ2n) is 7.92. The molecule has 32 heavy (non-hydrogen) atoms. The number of hydrogen-bond acceptors (Lipinski definition) is 6. The van der Waals surface area contributed by atoms with Gasteiger partial charge >= 0.3 is 0 Å². The van der Waals surface area contributed by atoms with E-state index in [1.165, 1.54) is 23.6 Å². The Morgan fingerprint density at radius 2 is 1.72 bits per heavy atom. The maximum absolute atomic E-state index is 12.9. The molecule has 2 amide bonds. The van der Waals surface area contributed by atoms with E-state index in [2.05, 4.69) is 22.0 Å². The van der Waals surface area contributed by atoms with Gasteiger partial charge in [-0.3, -0.25) is 14.5 Å². The Morgan fingerprint density at radius 3 is 2.53 bits per heavy atom. The molecule has 0 bridgehead atoms. The van der Waals surface area contributed by atoms with Crippen molar-refractivity contribution < 1.29 is 14.0 Å². The van der Waals surface area contributed by atoms with E-state index in [4.69, 9.17) is 4.42 Å². The van der Waals surface area contributed by atoms with Gasteiger partial charge in [0.2, 0.25) is 11.8 Å². The van der Waals surface area contributed by atoms with Crippen molar-refractivity contribution in [1.82, 2.24) is 14.8 Å². The van der Waals surface area contributed by atoms with E-state index in [-0.39, 0.29) is 18.4 Å². The summed E-state index contributed by atoms with van der Waals surface area (Å²) >= 11 is 1.53. The molecule has 0 N–H and O–H groups in total. The van der Waals surface area contributed by atoms with Crippen LogP contribution in [0.15, 0.2) is 70.2 Å². The molecular weight excluding hydrogens is 424 g/mol. The third-order valence-corrected chi connectivity index (χ3v) is 6.83. The normalized spacial score (nSPS) is 16.8. The number of anilines is 1. The van der Waals surface area contributed by atoms with E-state index in [9.17, 15) is 9.59 Å². The third-order valence-electron chi connectivity index (χ3n) is 5.78. The summed E-state index contributed by atoms with van der Waals surface area (Å²) in [6.45, 7) is 4.06. The first kappa shape index (κ1) is 20.8. The molecule has 3 heterocycles. The molecule has 0 unspecified atom stereocenters. The van der Waals surface area contributed by atoms with E-state index in [1.807, 2.05) is 47.4 Å². The third kappa shape index (κ3) is 4.42. The number of carbonyl (C=O) groups is 2. The number of thioether (sulfide) groups is 1. The van der Waals surface area contributed by atoms with E-state index in [0.717, 1.165) is 30.2 Å². The molecule has 7 nitrogen and oxygen atoms in total. The predicted octanol–water partition coefficient (Wildman–Crippen LogP) is 3.27. The molecule has 0 aliphatic carbocycles. The molecule has 1 aromatic heterocycles. The van der Waals surface area contributed by atoms with Gasteiger partial charge in [-0.2, -0.15) is 0 Å². The second kappa shape index (κ2) is 9.18. The Balaban J connectivity index is 1.20. The minimum Gasteiger partial charge on any atom is -0.446 e. The second-order valence-corrected chi connectivity index (χ2v) is 8.93. The average molecular weight is 449 g/mol. The van der Waals surface area contributed by atoms with Crippen LogP contribution in [-0.4, -0.2) is 58.5 Å². The van der Waals surface area contributed by atoms with E-state index >= 15 is 0 Å². The van der Waals surface area contributed by atoms with Crippen LogP contribution in [0.1, 0.15) is 21.9 Å².